The third kappa shape index (κ3) is 5.45. The Morgan fingerprint density at radius 2 is 1.90 bits per heavy atom. The highest BCUT2D eigenvalue weighted by Crippen LogP contribution is 2.12. The van der Waals surface area contributed by atoms with Crippen molar-refractivity contribution in [2.75, 3.05) is 0 Å². The summed E-state index contributed by atoms with van der Waals surface area (Å²) in [5.41, 5.74) is 9.39. The molecule has 3 N–H and O–H groups in total. The standard InChI is InChI=1S/C15H15ClN2S.ClH/c1-11-5-7-12(8-6-11)10-19-15(17)18-14-4-2-3-13(16)9-14;/h2-9H,10H2,1H3,(H2,17,18);1H. The normalized spacial score (nSPS) is 11.0. The molecule has 20 heavy (non-hydrogen) atoms. The lowest BCUT2D eigenvalue weighted by atomic mass is 10.2. The third-order valence-electron chi connectivity index (χ3n) is 2.61. The van der Waals surface area contributed by atoms with Crippen molar-refractivity contribution in [1.82, 2.24) is 0 Å². The smallest absolute Gasteiger partial charge is 0.307 e. The van der Waals surface area contributed by atoms with Gasteiger partial charge in [-0.25, -0.2) is 4.99 Å². The molecular formula is C15H16Cl2N2S. The third-order valence-corrected chi connectivity index (χ3v) is 3.73. The molecule has 0 amide bonds. The van der Waals surface area contributed by atoms with E-state index in [1.54, 1.807) is 11.8 Å². The first-order chi connectivity index (χ1) is 9.13. The lowest BCUT2D eigenvalue weighted by Crippen LogP contribution is -3.00. The van der Waals surface area contributed by atoms with Gasteiger partial charge in [0.05, 0.1) is 0 Å². The fraction of sp³-hybridized carbons (Fsp3) is 0.133. The first-order valence-electron chi connectivity index (χ1n) is 5.97. The first kappa shape index (κ1) is 16.9. The maximum Gasteiger partial charge on any atom is 0.307 e. The molecule has 2 aromatic carbocycles. The van der Waals surface area contributed by atoms with E-state index in [-0.39, 0.29) is 12.4 Å². The van der Waals surface area contributed by atoms with E-state index < -0.39 is 0 Å². The highest BCUT2D eigenvalue weighted by Gasteiger charge is 2.03. The second-order valence-electron chi connectivity index (χ2n) is 4.27. The molecule has 2 rings (SSSR count). The summed E-state index contributed by atoms with van der Waals surface area (Å²) in [6, 6.07) is 16.0. The fourth-order valence-electron chi connectivity index (χ4n) is 1.59. The number of hydrogen-bond acceptors (Lipinski definition) is 1. The van der Waals surface area contributed by atoms with Crippen LogP contribution < -0.4 is 23.1 Å². The molecule has 0 aliphatic carbocycles. The molecule has 0 bridgehead atoms. The van der Waals surface area contributed by atoms with Crippen molar-refractivity contribution in [2.24, 2.45) is 5.73 Å². The topological polar surface area (TPSA) is 40.0 Å². The first-order valence-corrected chi connectivity index (χ1v) is 7.33. The quantitative estimate of drug-likeness (QED) is 0.596. The molecule has 0 unspecified atom stereocenters. The second kappa shape index (κ2) is 8.20. The van der Waals surface area contributed by atoms with E-state index >= 15 is 0 Å². The van der Waals surface area contributed by atoms with E-state index in [2.05, 4.69) is 36.2 Å². The van der Waals surface area contributed by atoms with Gasteiger partial charge in [0.15, 0.2) is 0 Å². The van der Waals surface area contributed by atoms with Crippen LogP contribution in [0.5, 0.6) is 0 Å². The van der Waals surface area contributed by atoms with Gasteiger partial charge in [0, 0.05) is 16.8 Å². The summed E-state index contributed by atoms with van der Waals surface area (Å²) in [6.45, 7) is 2.08. The van der Waals surface area contributed by atoms with Crippen molar-refractivity contribution in [2.45, 2.75) is 12.7 Å². The minimum atomic E-state index is 0. The van der Waals surface area contributed by atoms with Crippen molar-refractivity contribution in [3.8, 4) is 0 Å². The van der Waals surface area contributed by atoms with Crippen LogP contribution in [0.4, 0.5) is 5.69 Å². The molecule has 0 radical (unpaired) electrons. The number of hydrogen-bond donors (Lipinski definition) is 2. The molecule has 106 valence electrons. The number of nitrogens with two attached hydrogens (primary N) is 1. The van der Waals surface area contributed by atoms with E-state index in [1.807, 2.05) is 24.3 Å². The van der Waals surface area contributed by atoms with Crippen LogP contribution in [0.3, 0.4) is 0 Å². The molecule has 0 saturated carbocycles. The molecule has 0 atom stereocenters. The lowest BCUT2D eigenvalue weighted by molar-refractivity contribution is -0.351. The molecule has 0 aliphatic rings. The summed E-state index contributed by atoms with van der Waals surface area (Å²) < 4.78 is 0. The minimum absolute atomic E-state index is 0. The van der Waals surface area contributed by atoms with E-state index in [0.29, 0.717) is 10.2 Å². The Bertz CT molecular complexity index is 583. The van der Waals surface area contributed by atoms with Gasteiger partial charge in [0.25, 0.3) is 0 Å². The van der Waals surface area contributed by atoms with Gasteiger partial charge in [-0.1, -0.05) is 47.5 Å². The van der Waals surface area contributed by atoms with Gasteiger partial charge in [-0.2, -0.15) is 0 Å². The fourth-order valence-corrected chi connectivity index (χ4v) is 2.48. The van der Waals surface area contributed by atoms with Crippen LogP contribution in [0, 0.1) is 6.92 Å². The molecule has 0 spiro atoms. The van der Waals surface area contributed by atoms with Crippen LogP contribution in [0.2, 0.25) is 5.02 Å². The van der Waals surface area contributed by atoms with Gasteiger partial charge in [-0.3, -0.25) is 5.73 Å². The number of benzene rings is 2. The lowest BCUT2D eigenvalue weighted by Gasteiger charge is -1.99. The molecule has 0 aliphatic heterocycles. The summed E-state index contributed by atoms with van der Waals surface area (Å²) in [5.74, 6) is 0.847. The van der Waals surface area contributed by atoms with E-state index in [4.69, 9.17) is 17.3 Å². The van der Waals surface area contributed by atoms with Gasteiger partial charge in [-0.05, 0) is 36.4 Å². The summed E-state index contributed by atoms with van der Waals surface area (Å²) in [5, 5.41) is 1.36. The molecule has 2 nitrogen and oxygen atoms in total. The second-order valence-corrected chi connectivity index (χ2v) is 5.73. The zero-order chi connectivity index (χ0) is 13.7. The van der Waals surface area contributed by atoms with E-state index in [0.717, 1.165) is 11.4 Å². The van der Waals surface area contributed by atoms with Gasteiger partial charge in [-0.15, -0.1) is 0 Å². The zero-order valence-electron chi connectivity index (χ0n) is 11.1. The van der Waals surface area contributed by atoms with Crippen LogP contribution in [-0.2, 0) is 5.75 Å². The molecule has 0 aromatic heterocycles. The van der Waals surface area contributed by atoms with Crippen LogP contribution in [0.15, 0.2) is 48.5 Å². The summed E-state index contributed by atoms with van der Waals surface area (Å²) in [6.07, 6.45) is 0. The molecule has 2 aromatic rings. The zero-order valence-corrected chi connectivity index (χ0v) is 13.4. The van der Waals surface area contributed by atoms with Crippen LogP contribution in [0.25, 0.3) is 0 Å². The maximum absolute atomic E-state index is 5.96. The maximum atomic E-state index is 5.96. The number of thioether (sulfide) groups is 1. The molecule has 0 heterocycles. The van der Waals surface area contributed by atoms with Gasteiger partial charge in [0.1, 0.15) is 5.69 Å². The Morgan fingerprint density at radius 1 is 1.20 bits per heavy atom. The highest BCUT2D eigenvalue weighted by molar-refractivity contribution is 8.12. The van der Waals surface area contributed by atoms with Gasteiger partial charge < -0.3 is 12.4 Å². The Morgan fingerprint density at radius 3 is 2.55 bits per heavy atom. The number of rotatable bonds is 3. The van der Waals surface area contributed by atoms with Crippen molar-refractivity contribution in [3.63, 3.8) is 0 Å². The summed E-state index contributed by atoms with van der Waals surface area (Å²) in [7, 11) is 0. The Kier molecular flexibility index (Phi) is 6.93. The highest BCUT2D eigenvalue weighted by atomic mass is 35.5. The van der Waals surface area contributed by atoms with Crippen molar-refractivity contribution < 1.29 is 17.4 Å². The SMILES string of the molecule is Cc1ccc(CSC(N)=[NH+]c2cccc(Cl)c2)cc1.[Cl-]. The van der Waals surface area contributed by atoms with Crippen molar-refractivity contribution >= 4 is 34.2 Å². The van der Waals surface area contributed by atoms with Crippen LogP contribution in [0.1, 0.15) is 11.1 Å². The number of aryl methyl sites for hydroxylation is 1. The Balaban J connectivity index is 0.00000200. The number of halogens is 2. The predicted octanol–water partition coefficient (Wildman–Crippen LogP) is -0.387. The van der Waals surface area contributed by atoms with Crippen LogP contribution in [-0.4, -0.2) is 5.17 Å². The van der Waals surface area contributed by atoms with Crippen molar-refractivity contribution in [1.29, 1.82) is 0 Å². The average molecular weight is 327 g/mol. The van der Waals surface area contributed by atoms with E-state index in [9.17, 15) is 0 Å². The molecule has 0 saturated heterocycles. The molecule has 0 fully saturated rings. The average Bonchev–Trinajstić information content (AvgIpc) is 2.38. The van der Waals surface area contributed by atoms with Gasteiger partial charge >= 0.3 is 5.17 Å². The number of amidine groups is 1. The Hall–Kier alpha value is -1.16. The van der Waals surface area contributed by atoms with Crippen molar-refractivity contribution in [3.05, 3.63) is 64.7 Å². The summed E-state index contributed by atoms with van der Waals surface area (Å²) in [4.78, 5) is 3.14. The summed E-state index contributed by atoms with van der Waals surface area (Å²) >= 11 is 7.50. The Labute approximate surface area is 134 Å². The van der Waals surface area contributed by atoms with E-state index in [1.165, 1.54) is 11.1 Å². The molecule has 5 heteroatoms. The predicted molar refractivity (Wildman–Crippen MR) is 83.7 cm³/mol. The number of nitrogens with one attached hydrogen (secondary N) is 1. The van der Waals surface area contributed by atoms with Crippen LogP contribution >= 0.6 is 23.4 Å². The van der Waals surface area contributed by atoms with Gasteiger partial charge in [0.2, 0.25) is 0 Å². The minimum Gasteiger partial charge on any atom is -1.00 e. The molecular weight excluding hydrogens is 311 g/mol. The monoisotopic (exact) mass is 326 g/mol. The largest absolute Gasteiger partial charge is 1.00 e.